The number of nitrogens with one attached hydrogen (secondary N) is 2. The van der Waals surface area contributed by atoms with E-state index < -0.39 is 0 Å². The molecule has 0 aliphatic rings. The number of hydrogen-bond donors (Lipinski definition) is 2. The molecule has 13 heavy (non-hydrogen) atoms. The third kappa shape index (κ3) is 2.02. The van der Waals surface area contributed by atoms with E-state index in [0.717, 1.165) is 22.9 Å². The first-order valence-corrected chi connectivity index (χ1v) is 5.11. The lowest BCUT2D eigenvalue weighted by molar-refractivity contribution is 1.14. The van der Waals surface area contributed by atoms with Gasteiger partial charge in [-0.25, -0.2) is 4.98 Å². The van der Waals surface area contributed by atoms with Crippen molar-refractivity contribution in [1.82, 2.24) is 9.97 Å². The molecule has 0 saturated heterocycles. The van der Waals surface area contributed by atoms with E-state index in [0.29, 0.717) is 0 Å². The maximum Gasteiger partial charge on any atom is 0.123 e. The quantitative estimate of drug-likeness (QED) is 0.823. The Kier molecular flexibility index (Phi) is 2.52. The van der Waals surface area contributed by atoms with Crippen LogP contribution in [0.5, 0.6) is 0 Å². The van der Waals surface area contributed by atoms with Gasteiger partial charge in [-0.3, -0.25) is 0 Å². The molecule has 0 aliphatic carbocycles. The van der Waals surface area contributed by atoms with Crippen molar-refractivity contribution >= 4 is 28.8 Å². The van der Waals surface area contributed by atoms with Crippen LogP contribution in [0.1, 0.15) is 5.56 Å². The molecule has 2 rings (SSSR count). The summed E-state index contributed by atoms with van der Waals surface area (Å²) in [6.45, 7) is 0.727. The zero-order valence-corrected chi connectivity index (χ0v) is 8.32. The number of imidazole rings is 1. The average molecular weight is 214 g/mol. The van der Waals surface area contributed by atoms with Gasteiger partial charge < -0.3 is 10.3 Å². The van der Waals surface area contributed by atoms with E-state index in [2.05, 4.69) is 15.3 Å². The van der Waals surface area contributed by atoms with Gasteiger partial charge in [-0.1, -0.05) is 11.6 Å². The summed E-state index contributed by atoms with van der Waals surface area (Å²) >= 11 is 7.53. The minimum atomic E-state index is 0.727. The minimum Gasteiger partial charge on any atom is -0.366 e. The average Bonchev–Trinajstić information content (AvgIpc) is 2.72. The lowest BCUT2D eigenvalue weighted by Crippen LogP contribution is -1.98. The highest BCUT2D eigenvalue weighted by Gasteiger charge is 2.00. The van der Waals surface area contributed by atoms with Gasteiger partial charge in [0.15, 0.2) is 0 Å². The summed E-state index contributed by atoms with van der Waals surface area (Å²) in [7, 11) is 0. The topological polar surface area (TPSA) is 40.7 Å². The molecule has 2 aromatic rings. The van der Waals surface area contributed by atoms with Crippen LogP contribution in [0.4, 0.5) is 5.82 Å². The predicted octanol–water partition coefficient (Wildman–Crippen LogP) is 2.74. The Morgan fingerprint density at radius 3 is 3.08 bits per heavy atom. The molecule has 2 aromatic heterocycles. The number of aromatic amines is 1. The Balaban J connectivity index is 1.97. The normalized spacial score (nSPS) is 10.2. The second-order valence-electron chi connectivity index (χ2n) is 2.56. The number of H-pyrrole nitrogens is 1. The molecule has 0 radical (unpaired) electrons. The Labute approximate surface area is 84.8 Å². The second kappa shape index (κ2) is 3.81. The Bertz CT molecular complexity index is 368. The molecular weight excluding hydrogens is 206 g/mol. The van der Waals surface area contributed by atoms with Gasteiger partial charge >= 0.3 is 0 Å². The summed E-state index contributed by atoms with van der Waals surface area (Å²) in [6, 6.07) is 0. The van der Waals surface area contributed by atoms with Crippen molar-refractivity contribution < 1.29 is 0 Å². The van der Waals surface area contributed by atoms with Crippen LogP contribution in [-0.2, 0) is 6.54 Å². The van der Waals surface area contributed by atoms with Crippen molar-refractivity contribution in [1.29, 1.82) is 0 Å². The molecule has 0 atom stereocenters. The molecule has 3 nitrogen and oxygen atoms in total. The zero-order valence-electron chi connectivity index (χ0n) is 6.75. The number of halogens is 1. The smallest absolute Gasteiger partial charge is 0.123 e. The highest BCUT2D eigenvalue weighted by molar-refractivity contribution is 7.08. The molecule has 5 heteroatoms. The van der Waals surface area contributed by atoms with Gasteiger partial charge in [0.2, 0.25) is 0 Å². The van der Waals surface area contributed by atoms with E-state index in [1.54, 1.807) is 23.9 Å². The van der Waals surface area contributed by atoms with Crippen molar-refractivity contribution in [2.75, 3.05) is 5.32 Å². The van der Waals surface area contributed by atoms with Gasteiger partial charge in [0.1, 0.15) is 5.82 Å². The summed E-state index contributed by atoms with van der Waals surface area (Å²) in [6.07, 6.45) is 3.37. The molecule has 0 amide bonds. The van der Waals surface area contributed by atoms with Crippen LogP contribution in [0.3, 0.4) is 0 Å². The lowest BCUT2D eigenvalue weighted by Gasteiger charge is -2.00. The summed E-state index contributed by atoms with van der Waals surface area (Å²) < 4.78 is 0. The van der Waals surface area contributed by atoms with Gasteiger partial charge in [-0.15, -0.1) is 0 Å². The number of thiophene rings is 1. The van der Waals surface area contributed by atoms with E-state index in [1.807, 2.05) is 10.8 Å². The third-order valence-electron chi connectivity index (χ3n) is 1.66. The number of rotatable bonds is 3. The van der Waals surface area contributed by atoms with Crippen LogP contribution in [0.25, 0.3) is 0 Å². The highest BCUT2D eigenvalue weighted by Crippen LogP contribution is 2.21. The van der Waals surface area contributed by atoms with E-state index in [4.69, 9.17) is 11.6 Å². The van der Waals surface area contributed by atoms with Gasteiger partial charge in [-0.05, 0) is 5.38 Å². The molecule has 0 spiro atoms. The van der Waals surface area contributed by atoms with E-state index in [9.17, 15) is 0 Å². The van der Waals surface area contributed by atoms with E-state index in [-0.39, 0.29) is 0 Å². The van der Waals surface area contributed by atoms with Crippen LogP contribution in [-0.4, -0.2) is 9.97 Å². The van der Waals surface area contributed by atoms with Gasteiger partial charge in [0, 0.05) is 17.5 Å². The Morgan fingerprint density at radius 2 is 2.46 bits per heavy atom. The summed E-state index contributed by atoms with van der Waals surface area (Å²) in [5.41, 5.74) is 1.11. The lowest BCUT2D eigenvalue weighted by atomic mass is 10.3. The molecule has 0 aliphatic heterocycles. The second-order valence-corrected chi connectivity index (χ2v) is 3.71. The number of anilines is 1. The van der Waals surface area contributed by atoms with E-state index in [1.165, 1.54) is 0 Å². The molecule has 0 aromatic carbocycles. The fraction of sp³-hybridized carbons (Fsp3) is 0.125. The standard InChI is InChI=1S/C8H8ClN3S/c9-7-4-13-3-6(7)1-11-8-2-10-5-12-8/h2-5,11H,1H2,(H,10,12). The van der Waals surface area contributed by atoms with Crippen molar-refractivity contribution in [2.24, 2.45) is 0 Å². The summed E-state index contributed by atoms with van der Waals surface area (Å²) in [5.74, 6) is 0.905. The van der Waals surface area contributed by atoms with Crippen LogP contribution in [0, 0.1) is 0 Å². The zero-order chi connectivity index (χ0) is 9.10. The molecule has 68 valence electrons. The molecule has 2 N–H and O–H groups in total. The molecule has 0 unspecified atom stereocenters. The van der Waals surface area contributed by atoms with Crippen LogP contribution in [0.15, 0.2) is 23.3 Å². The van der Waals surface area contributed by atoms with Crippen LogP contribution < -0.4 is 5.32 Å². The van der Waals surface area contributed by atoms with Crippen LogP contribution >= 0.6 is 22.9 Å². The maximum absolute atomic E-state index is 5.92. The number of nitrogens with zero attached hydrogens (tertiary/aromatic N) is 1. The van der Waals surface area contributed by atoms with Crippen molar-refractivity contribution in [3.8, 4) is 0 Å². The molecule has 0 saturated carbocycles. The fourth-order valence-corrected chi connectivity index (χ4v) is 2.03. The third-order valence-corrected chi connectivity index (χ3v) is 2.93. The summed E-state index contributed by atoms with van der Waals surface area (Å²) in [5, 5.41) is 7.94. The first-order valence-electron chi connectivity index (χ1n) is 3.79. The highest BCUT2D eigenvalue weighted by atomic mass is 35.5. The molecule has 0 bridgehead atoms. The van der Waals surface area contributed by atoms with Crippen molar-refractivity contribution in [3.63, 3.8) is 0 Å². The van der Waals surface area contributed by atoms with Crippen LogP contribution in [0.2, 0.25) is 5.02 Å². The van der Waals surface area contributed by atoms with Gasteiger partial charge in [0.05, 0.1) is 17.5 Å². The first kappa shape index (κ1) is 8.59. The molecule has 2 heterocycles. The largest absolute Gasteiger partial charge is 0.366 e. The van der Waals surface area contributed by atoms with Crippen molar-refractivity contribution in [3.05, 3.63) is 33.9 Å². The summed E-state index contributed by atoms with van der Waals surface area (Å²) in [4.78, 5) is 6.85. The Hall–Kier alpha value is -1.00. The molecule has 0 fully saturated rings. The van der Waals surface area contributed by atoms with Gasteiger partial charge in [0.25, 0.3) is 0 Å². The number of aromatic nitrogens is 2. The first-order chi connectivity index (χ1) is 6.36. The maximum atomic E-state index is 5.92. The number of hydrogen-bond acceptors (Lipinski definition) is 3. The van der Waals surface area contributed by atoms with Gasteiger partial charge in [-0.2, -0.15) is 11.3 Å². The van der Waals surface area contributed by atoms with Crippen molar-refractivity contribution in [2.45, 2.75) is 6.54 Å². The fourth-order valence-electron chi connectivity index (χ4n) is 0.977. The minimum absolute atomic E-state index is 0.727. The monoisotopic (exact) mass is 213 g/mol. The van der Waals surface area contributed by atoms with E-state index >= 15 is 0 Å². The SMILES string of the molecule is Clc1cscc1CNc1cnc[nH]1. The Morgan fingerprint density at radius 1 is 1.54 bits per heavy atom. The molecular formula is C8H8ClN3S. The predicted molar refractivity (Wildman–Crippen MR) is 55.2 cm³/mol.